The summed E-state index contributed by atoms with van der Waals surface area (Å²) >= 11 is 0. The van der Waals surface area contributed by atoms with Gasteiger partial charge in [-0.25, -0.2) is 9.37 Å². The number of halogens is 1. The summed E-state index contributed by atoms with van der Waals surface area (Å²) in [4.78, 5) is 19.0. The van der Waals surface area contributed by atoms with Gasteiger partial charge in [-0.1, -0.05) is 13.3 Å². The van der Waals surface area contributed by atoms with Crippen LogP contribution in [0.1, 0.15) is 32.4 Å². The van der Waals surface area contributed by atoms with E-state index in [1.807, 2.05) is 6.92 Å². The molecule has 1 aromatic carbocycles. The lowest BCUT2D eigenvalue weighted by atomic mass is 9.90. The van der Waals surface area contributed by atoms with Gasteiger partial charge in [0.2, 0.25) is 11.8 Å². The summed E-state index contributed by atoms with van der Waals surface area (Å²) in [6.45, 7) is 6.02. The van der Waals surface area contributed by atoms with Crippen molar-refractivity contribution in [2.24, 2.45) is 0 Å². The van der Waals surface area contributed by atoms with E-state index in [-0.39, 0.29) is 11.7 Å². The molecule has 2 heterocycles. The monoisotopic (exact) mass is 331 g/mol. The minimum Gasteiger partial charge on any atom is -0.444 e. The van der Waals surface area contributed by atoms with Gasteiger partial charge >= 0.3 is 0 Å². The summed E-state index contributed by atoms with van der Waals surface area (Å²) in [7, 11) is 0. The molecule has 0 aliphatic carbocycles. The number of nitrogens with one attached hydrogen (secondary N) is 1. The van der Waals surface area contributed by atoms with Crippen molar-refractivity contribution in [1.29, 1.82) is 0 Å². The minimum absolute atomic E-state index is 0.0675. The predicted octanol–water partition coefficient (Wildman–Crippen LogP) is 2.97. The normalized spacial score (nSPS) is 21.7. The molecule has 1 N–H and O–H groups in total. The highest BCUT2D eigenvalue weighted by Gasteiger charge is 2.41. The van der Waals surface area contributed by atoms with Crippen LogP contribution >= 0.6 is 0 Å². The Morgan fingerprint density at radius 1 is 1.38 bits per heavy atom. The molecule has 1 aliphatic rings. The number of hydrogen-bond acceptors (Lipinski definition) is 4. The van der Waals surface area contributed by atoms with Crippen LogP contribution in [0.25, 0.3) is 11.5 Å². The van der Waals surface area contributed by atoms with E-state index in [1.54, 1.807) is 18.4 Å². The summed E-state index contributed by atoms with van der Waals surface area (Å²) in [6, 6.07) is 6.04. The van der Waals surface area contributed by atoms with Gasteiger partial charge in [0.15, 0.2) is 0 Å². The fourth-order valence-corrected chi connectivity index (χ4v) is 3.20. The first-order valence-corrected chi connectivity index (χ1v) is 8.26. The molecule has 1 aliphatic heterocycles. The largest absolute Gasteiger partial charge is 0.444 e. The van der Waals surface area contributed by atoms with Crippen molar-refractivity contribution in [3.8, 4) is 11.5 Å². The average Bonchev–Trinajstić information content (AvgIpc) is 3.02. The molecule has 6 heteroatoms. The van der Waals surface area contributed by atoms with E-state index in [2.05, 4.69) is 22.1 Å². The zero-order chi connectivity index (χ0) is 17.2. The van der Waals surface area contributed by atoms with Gasteiger partial charge in [-0.15, -0.1) is 0 Å². The van der Waals surface area contributed by atoms with E-state index in [1.165, 1.54) is 12.1 Å². The molecule has 0 unspecified atom stereocenters. The van der Waals surface area contributed by atoms with Crippen molar-refractivity contribution < 1.29 is 13.6 Å². The molecule has 0 bridgehead atoms. The maximum atomic E-state index is 13.0. The van der Waals surface area contributed by atoms with E-state index < -0.39 is 5.54 Å². The zero-order valence-corrected chi connectivity index (χ0v) is 14.0. The average molecular weight is 331 g/mol. The number of oxazole rings is 1. The zero-order valence-electron chi connectivity index (χ0n) is 14.0. The van der Waals surface area contributed by atoms with E-state index in [9.17, 15) is 9.18 Å². The van der Waals surface area contributed by atoms with E-state index in [4.69, 9.17) is 4.42 Å². The predicted molar refractivity (Wildman–Crippen MR) is 88.6 cm³/mol. The minimum atomic E-state index is -0.526. The van der Waals surface area contributed by atoms with Gasteiger partial charge in [0.25, 0.3) is 0 Å². The lowest BCUT2D eigenvalue weighted by molar-refractivity contribution is -0.137. The Labute approximate surface area is 140 Å². The molecule has 128 valence electrons. The fraction of sp³-hybridized carbons (Fsp3) is 0.444. The Hall–Kier alpha value is -2.21. The smallest absolute Gasteiger partial charge is 0.240 e. The van der Waals surface area contributed by atoms with Gasteiger partial charge in [0, 0.05) is 25.2 Å². The summed E-state index contributed by atoms with van der Waals surface area (Å²) < 4.78 is 18.5. The van der Waals surface area contributed by atoms with Gasteiger partial charge in [0.05, 0.1) is 11.2 Å². The molecular weight excluding hydrogens is 309 g/mol. The Bertz CT molecular complexity index is 713. The number of aromatic nitrogens is 1. The molecule has 0 spiro atoms. The number of nitrogens with zero attached hydrogens (tertiary/aromatic N) is 2. The van der Waals surface area contributed by atoms with Crippen molar-refractivity contribution in [1.82, 2.24) is 15.2 Å². The molecule has 5 nitrogen and oxygen atoms in total. The van der Waals surface area contributed by atoms with Crippen LogP contribution in [0.2, 0.25) is 0 Å². The van der Waals surface area contributed by atoms with Crippen LogP contribution < -0.4 is 5.32 Å². The maximum absolute atomic E-state index is 13.0. The third kappa shape index (κ3) is 3.19. The highest BCUT2D eigenvalue weighted by Crippen LogP contribution is 2.27. The molecule has 1 fully saturated rings. The number of carbonyl (C=O) groups excluding carboxylic acids is 1. The Kier molecular flexibility index (Phi) is 4.66. The second kappa shape index (κ2) is 6.73. The molecular formula is C18H22FN3O2. The van der Waals surface area contributed by atoms with Gasteiger partial charge in [0.1, 0.15) is 12.1 Å². The topological polar surface area (TPSA) is 58.4 Å². The maximum Gasteiger partial charge on any atom is 0.240 e. The molecule has 1 aromatic heterocycles. The van der Waals surface area contributed by atoms with Crippen molar-refractivity contribution in [2.75, 3.05) is 13.1 Å². The molecule has 1 amide bonds. The third-order valence-corrected chi connectivity index (χ3v) is 4.59. The Balaban J connectivity index is 1.78. The van der Waals surface area contributed by atoms with E-state index >= 15 is 0 Å². The van der Waals surface area contributed by atoms with Crippen LogP contribution in [0.15, 0.2) is 34.9 Å². The number of amides is 1. The first-order valence-electron chi connectivity index (χ1n) is 8.26. The summed E-state index contributed by atoms with van der Waals surface area (Å²) in [5.41, 5.74) is 0.976. The lowest BCUT2D eigenvalue weighted by Crippen LogP contribution is -2.62. The summed E-state index contributed by atoms with van der Waals surface area (Å²) in [6.07, 6.45) is 3.33. The number of benzene rings is 1. The van der Waals surface area contributed by atoms with Gasteiger partial charge in [-0.3, -0.25) is 9.69 Å². The van der Waals surface area contributed by atoms with Crippen LogP contribution in [-0.4, -0.2) is 34.4 Å². The van der Waals surface area contributed by atoms with E-state index in [0.717, 1.165) is 30.6 Å². The third-order valence-electron chi connectivity index (χ3n) is 4.59. The van der Waals surface area contributed by atoms with Crippen molar-refractivity contribution in [2.45, 2.75) is 38.8 Å². The summed E-state index contributed by atoms with van der Waals surface area (Å²) in [5.74, 6) is 0.238. The second-order valence-electron chi connectivity index (χ2n) is 6.35. The van der Waals surface area contributed by atoms with Gasteiger partial charge < -0.3 is 9.73 Å². The van der Waals surface area contributed by atoms with Gasteiger partial charge in [-0.05, 0) is 37.6 Å². The van der Waals surface area contributed by atoms with Crippen molar-refractivity contribution in [3.05, 3.63) is 42.0 Å². The quantitative estimate of drug-likeness (QED) is 0.915. The molecule has 0 saturated carbocycles. The number of piperazine rings is 1. The number of carbonyl (C=O) groups is 1. The van der Waals surface area contributed by atoms with Crippen LogP contribution in [0, 0.1) is 5.82 Å². The second-order valence-corrected chi connectivity index (χ2v) is 6.35. The first kappa shape index (κ1) is 16.6. The molecule has 0 radical (unpaired) electrons. The molecule has 1 atom stereocenters. The van der Waals surface area contributed by atoms with E-state index in [0.29, 0.717) is 19.0 Å². The van der Waals surface area contributed by atoms with Crippen LogP contribution in [0.3, 0.4) is 0 Å². The van der Waals surface area contributed by atoms with Crippen molar-refractivity contribution >= 4 is 5.91 Å². The van der Waals surface area contributed by atoms with Crippen LogP contribution in [0.4, 0.5) is 4.39 Å². The highest BCUT2D eigenvalue weighted by atomic mass is 19.1. The summed E-state index contributed by atoms with van der Waals surface area (Å²) in [5, 5.41) is 2.95. The van der Waals surface area contributed by atoms with Gasteiger partial charge in [-0.2, -0.15) is 0 Å². The molecule has 24 heavy (non-hydrogen) atoms. The Morgan fingerprint density at radius 2 is 2.12 bits per heavy atom. The molecule has 2 aromatic rings. The number of rotatable bonds is 5. The van der Waals surface area contributed by atoms with Crippen LogP contribution in [-0.2, 0) is 11.3 Å². The fourth-order valence-electron chi connectivity index (χ4n) is 3.20. The standard InChI is InChI=1S/C18H22FN3O2/c1-3-8-18(2)17(23)20-9-10-22(18)11-15-12-24-16(21-15)13-4-6-14(19)7-5-13/h4-7,12H,3,8-11H2,1-2H3,(H,20,23)/t18-/m1/s1. The first-order chi connectivity index (χ1) is 11.5. The SMILES string of the molecule is CCC[C@]1(C)C(=O)NCCN1Cc1coc(-c2ccc(F)cc2)n1. The number of hydrogen-bond donors (Lipinski definition) is 1. The molecule has 1 saturated heterocycles. The Morgan fingerprint density at radius 3 is 2.83 bits per heavy atom. The highest BCUT2D eigenvalue weighted by molar-refractivity contribution is 5.86. The van der Waals surface area contributed by atoms with Crippen molar-refractivity contribution in [3.63, 3.8) is 0 Å². The lowest BCUT2D eigenvalue weighted by Gasteiger charge is -2.43. The molecule has 3 rings (SSSR count). The van der Waals surface area contributed by atoms with Crippen LogP contribution in [0.5, 0.6) is 0 Å².